The van der Waals surface area contributed by atoms with Crippen LogP contribution in [0, 0.1) is 0 Å². The van der Waals surface area contributed by atoms with Crippen molar-refractivity contribution in [2.45, 2.75) is 51.7 Å². The van der Waals surface area contributed by atoms with Crippen LogP contribution in [0.25, 0.3) is 10.9 Å². The molecule has 3 amide bonds. The third-order valence-corrected chi connectivity index (χ3v) is 9.39. The molecule has 1 aromatic heterocycles. The number of nitrogens with one attached hydrogen (secondary N) is 1. The Hall–Kier alpha value is -3.08. The van der Waals surface area contributed by atoms with E-state index in [1.807, 2.05) is 48.5 Å². The highest BCUT2D eigenvalue weighted by Crippen LogP contribution is 2.30. The number of nitrogens with zero attached hydrogens (tertiary/aromatic N) is 4. The lowest BCUT2D eigenvalue weighted by atomic mass is 10.1. The third kappa shape index (κ3) is 7.65. The number of hydrogen-bond donors (Lipinski definition) is 1. The fraction of sp³-hybridized carbons (Fsp3) is 0.484. The normalized spacial score (nSPS) is 16.8. The SMILES string of the molecule is CS(=O)(=O)CCCn1c(CN2C(=O)CN(C(=O)NCCN3CCCCCC3)Cc3ccccc32)cc2cc(Cl)ccc21. The smallest absolute Gasteiger partial charge is 0.318 e. The zero-order valence-corrected chi connectivity index (χ0v) is 25.8. The maximum Gasteiger partial charge on any atom is 0.318 e. The lowest BCUT2D eigenvalue weighted by Gasteiger charge is -2.24. The lowest BCUT2D eigenvalue weighted by Crippen LogP contribution is -2.46. The predicted octanol–water partition coefficient (Wildman–Crippen LogP) is 4.66. The van der Waals surface area contributed by atoms with Gasteiger partial charge in [-0.3, -0.25) is 4.79 Å². The molecule has 3 aromatic rings. The van der Waals surface area contributed by atoms with Crippen molar-refractivity contribution in [1.82, 2.24) is 19.7 Å². The molecule has 1 fully saturated rings. The van der Waals surface area contributed by atoms with Crippen molar-refractivity contribution in [3.8, 4) is 0 Å². The number of aryl methyl sites for hydroxylation is 1. The number of para-hydroxylation sites is 1. The first-order chi connectivity index (χ1) is 20.2. The van der Waals surface area contributed by atoms with Gasteiger partial charge in [0.1, 0.15) is 16.4 Å². The van der Waals surface area contributed by atoms with Gasteiger partial charge in [0.15, 0.2) is 0 Å². The van der Waals surface area contributed by atoms with Gasteiger partial charge in [0.05, 0.1) is 18.8 Å². The van der Waals surface area contributed by atoms with Gasteiger partial charge in [-0.15, -0.1) is 0 Å². The minimum atomic E-state index is -3.11. The van der Waals surface area contributed by atoms with Gasteiger partial charge in [0, 0.05) is 53.2 Å². The minimum Gasteiger partial charge on any atom is -0.343 e. The van der Waals surface area contributed by atoms with Crippen LogP contribution in [0.4, 0.5) is 10.5 Å². The number of halogens is 1. The summed E-state index contributed by atoms with van der Waals surface area (Å²) in [5.74, 6) is -0.0962. The quantitative estimate of drug-likeness (QED) is 0.379. The van der Waals surface area contributed by atoms with Gasteiger partial charge in [-0.25, -0.2) is 13.2 Å². The standard InChI is InChI=1S/C31H40ClN5O4S/c1-42(40,41)18-8-16-36-27(20-25-19-26(32)11-12-29(25)36)22-37-28-10-5-4-9-24(28)21-35(23-30(37)38)31(39)33-13-17-34-14-6-2-3-7-15-34/h4-5,9-12,19-20H,2-3,6-8,13-18,21-23H2,1H3,(H,33,39). The zero-order chi connectivity index (χ0) is 29.7. The van der Waals surface area contributed by atoms with E-state index in [0.717, 1.165) is 47.5 Å². The Balaban J connectivity index is 1.34. The first kappa shape index (κ1) is 30.4. The highest BCUT2D eigenvalue weighted by molar-refractivity contribution is 7.90. The summed E-state index contributed by atoms with van der Waals surface area (Å²) in [6, 6.07) is 15.1. The molecule has 0 aliphatic carbocycles. The van der Waals surface area contributed by atoms with Gasteiger partial charge in [-0.1, -0.05) is 42.6 Å². The van der Waals surface area contributed by atoms with Gasteiger partial charge < -0.3 is 24.6 Å². The van der Waals surface area contributed by atoms with Crippen molar-refractivity contribution < 1.29 is 18.0 Å². The van der Waals surface area contributed by atoms with Crippen LogP contribution in [0.15, 0.2) is 48.5 Å². The monoisotopic (exact) mass is 613 g/mol. The number of fused-ring (bicyclic) bond motifs is 2. The van der Waals surface area contributed by atoms with Crippen LogP contribution in [0.5, 0.6) is 0 Å². The molecule has 226 valence electrons. The first-order valence-electron chi connectivity index (χ1n) is 14.8. The summed E-state index contributed by atoms with van der Waals surface area (Å²) in [6.07, 6.45) is 6.63. The number of anilines is 1. The van der Waals surface area contributed by atoms with Crippen LogP contribution in [0.2, 0.25) is 5.02 Å². The molecule has 42 heavy (non-hydrogen) atoms. The van der Waals surface area contributed by atoms with E-state index in [2.05, 4.69) is 14.8 Å². The average Bonchev–Trinajstić information content (AvgIpc) is 3.08. The van der Waals surface area contributed by atoms with Crippen LogP contribution in [-0.4, -0.2) is 79.5 Å². The number of hydrogen-bond acceptors (Lipinski definition) is 5. The Morgan fingerprint density at radius 3 is 2.50 bits per heavy atom. The number of urea groups is 1. The van der Waals surface area contributed by atoms with Gasteiger partial charge in [-0.05, 0) is 68.2 Å². The van der Waals surface area contributed by atoms with E-state index >= 15 is 0 Å². The third-order valence-electron chi connectivity index (χ3n) is 8.13. The Morgan fingerprint density at radius 1 is 0.976 bits per heavy atom. The first-order valence-corrected chi connectivity index (χ1v) is 17.2. The average molecular weight is 614 g/mol. The number of rotatable bonds is 9. The lowest BCUT2D eigenvalue weighted by molar-refractivity contribution is -0.119. The summed E-state index contributed by atoms with van der Waals surface area (Å²) < 4.78 is 25.7. The Labute approximate surface area is 253 Å². The number of aromatic nitrogens is 1. The topological polar surface area (TPSA) is 95.0 Å². The van der Waals surface area contributed by atoms with Crippen LogP contribution in [0.1, 0.15) is 43.4 Å². The highest BCUT2D eigenvalue weighted by Gasteiger charge is 2.29. The fourth-order valence-corrected chi connectivity index (χ4v) is 6.84. The molecule has 2 aliphatic rings. The molecule has 9 nitrogen and oxygen atoms in total. The maximum absolute atomic E-state index is 13.8. The van der Waals surface area contributed by atoms with Gasteiger partial charge in [0.2, 0.25) is 5.91 Å². The van der Waals surface area contributed by atoms with E-state index in [9.17, 15) is 18.0 Å². The Morgan fingerprint density at radius 2 is 1.74 bits per heavy atom. The van der Waals surface area contributed by atoms with E-state index in [1.54, 1.807) is 9.80 Å². The summed E-state index contributed by atoms with van der Waals surface area (Å²) in [4.78, 5) is 32.7. The van der Waals surface area contributed by atoms with Crippen molar-refractivity contribution in [3.05, 3.63) is 64.8 Å². The van der Waals surface area contributed by atoms with Crippen LogP contribution >= 0.6 is 11.6 Å². The molecule has 2 aromatic carbocycles. The van der Waals surface area contributed by atoms with Crippen LogP contribution < -0.4 is 10.2 Å². The molecule has 1 N–H and O–H groups in total. The van der Waals surface area contributed by atoms with Crippen molar-refractivity contribution in [3.63, 3.8) is 0 Å². The number of carbonyl (C=O) groups excluding carboxylic acids is 2. The summed E-state index contributed by atoms with van der Waals surface area (Å²) in [5.41, 5.74) is 3.48. The fourth-order valence-electron chi connectivity index (χ4n) is 6.00. The molecule has 11 heteroatoms. The van der Waals surface area contributed by atoms with E-state index in [4.69, 9.17) is 11.6 Å². The largest absolute Gasteiger partial charge is 0.343 e. The Bertz CT molecular complexity index is 1530. The molecule has 0 bridgehead atoms. The van der Waals surface area contributed by atoms with E-state index in [1.165, 1.54) is 31.9 Å². The summed E-state index contributed by atoms with van der Waals surface area (Å²) in [6.45, 7) is 4.56. The molecular weight excluding hydrogens is 574 g/mol. The molecule has 0 unspecified atom stereocenters. The van der Waals surface area contributed by atoms with Crippen molar-refractivity contribution in [1.29, 1.82) is 0 Å². The molecule has 0 atom stereocenters. The van der Waals surface area contributed by atoms with E-state index in [-0.39, 0.29) is 30.8 Å². The molecule has 1 saturated heterocycles. The number of carbonyl (C=O) groups is 2. The summed E-state index contributed by atoms with van der Waals surface area (Å²) in [7, 11) is -3.11. The highest BCUT2D eigenvalue weighted by atomic mass is 35.5. The maximum atomic E-state index is 13.8. The second kappa shape index (κ2) is 13.5. The second-order valence-electron chi connectivity index (χ2n) is 11.4. The number of benzene rings is 2. The zero-order valence-electron chi connectivity index (χ0n) is 24.2. The van der Waals surface area contributed by atoms with Gasteiger partial charge in [0.25, 0.3) is 0 Å². The molecular formula is C31H40ClN5O4S. The molecule has 0 saturated carbocycles. The Kier molecular flexibility index (Phi) is 9.75. The molecule has 5 rings (SSSR count). The molecule has 0 radical (unpaired) electrons. The number of amides is 3. The number of sulfone groups is 1. The van der Waals surface area contributed by atoms with Crippen LogP contribution in [0.3, 0.4) is 0 Å². The van der Waals surface area contributed by atoms with E-state index < -0.39 is 9.84 Å². The van der Waals surface area contributed by atoms with E-state index in [0.29, 0.717) is 31.1 Å². The predicted molar refractivity (Wildman–Crippen MR) is 168 cm³/mol. The number of likely N-dealkylation sites (tertiary alicyclic amines) is 1. The van der Waals surface area contributed by atoms with Crippen LogP contribution in [-0.2, 0) is 34.3 Å². The van der Waals surface area contributed by atoms with Crippen molar-refractivity contribution in [2.75, 3.05) is 49.6 Å². The van der Waals surface area contributed by atoms with Gasteiger partial charge in [-0.2, -0.15) is 0 Å². The minimum absolute atomic E-state index is 0.0373. The molecule has 0 spiro atoms. The summed E-state index contributed by atoms with van der Waals surface area (Å²) >= 11 is 6.28. The summed E-state index contributed by atoms with van der Waals surface area (Å²) in [5, 5.41) is 4.58. The van der Waals surface area contributed by atoms with Gasteiger partial charge >= 0.3 is 6.03 Å². The van der Waals surface area contributed by atoms with Crippen molar-refractivity contribution in [2.24, 2.45) is 0 Å². The molecule has 3 heterocycles. The molecule has 2 aliphatic heterocycles. The van der Waals surface area contributed by atoms with Crippen molar-refractivity contribution >= 4 is 50.0 Å². The second-order valence-corrected chi connectivity index (χ2v) is 14.1.